The highest BCUT2D eigenvalue weighted by Gasteiger charge is 2.29. The molecule has 0 aliphatic rings. The van der Waals surface area contributed by atoms with Crippen LogP contribution in [-0.4, -0.2) is 19.6 Å². The minimum absolute atomic E-state index is 0.0850. The first kappa shape index (κ1) is 27.2. The molecule has 0 saturated carbocycles. The van der Waals surface area contributed by atoms with E-state index in [4.69, 9.17) is 22.3 Å². The summed E-state index contributed by atoms with van der Waals surface area (Å²) in [5.41, 5.74) is 4.71. The summed E-state index contributed by atoms with van der Waals surface area (Å²) in [5, 5.41) is 12.2. The zero-order valence-corrected chi connectivity index (χ0v) is 32.3. The van der Waals surface area contributed by atoms with Gasteiger partial charge in [-0.3, -0.25) is 9.55 Å². The molecule has 1 N–H and O–H groups in total. The van der Waals surface area contributed by atoms with Gasteiger partial charge in [0.15, 0.2) is 0 Å². The van der Waals surface area contributed by atoms with Crippen molar-refractivity contribution in [2.75, 3.05) is 0 Å². The summed E-state index contributed by atoms with van der Waals surface area (Å²) in [4.78, 5) is 10.2. The largest absolute Gasteiger partial charge is 0.507 e. The van der Waals surface area contributed by atoms with Gasteiger partial charge < -0.3 is 5.11 Å². The van der Waals surface area contributed by atoms with Gasteiger partial charge in [-0.2, -0.15) is 0 Å². The van der Waals surface area contributed by atoms with E-state index in [9.17, 15) is 5.11 Å². The molecule has 7 aromatic rings. The molecule has 0 amide bonds. The minimum atomic E-state index is -3.52. The van der Waals surface area contributed by atoms with Crippen LogP contribution in [0.5, 0.6) is 5.75 Å². The third-order valence-corrected chi connectivity index (χ3v) is 10.2. The summed E-state index contributed by atoms with van der Waals surface area (Å²) in [5.74, 6) is 0.529. The predicted molar refractivity (Wildman–Crippen MR) is 228 cm³/mol. The first-order valence-electron chi connectivity index (χ1n) is 22.8. The molecule has 7 rings (SSSR count). The molecule has 2 heterocycles. The molecular formula is C50H53N3O. The first-order valence-corrected chi connectivity index (χ1v) is 18.3. The maximum absolute atomic E-state index is 12.2. The van der Waals surface area contributed by atoms with Gasteiger partial charge in [-0.25, -0.2) is 4.98 Å². The maximum atomic E-state index is 12.2. The van der Waals surface area contributed by atoms with Crippen molar-refractivity contribution in [2.45, 2.75) is 92.2 Å². The third-order valence-electron chi connectivity index (χ3n) is 10.2. The normalized spacial score (nSPS) is 15.6. The molecule has 0 aliphatic heterocycles. The zero-order chi connectivity index (χ0) is 46.2. The smallest absolute Gasteiger partial charge is 0.149 e. The summed E-state index contributed by atoms with van der Waals surface area (Å²) in [6, 6.07) is 33.4. The summed E-state index contributed by atoms with van der Waals surface area (Å²) < 4.78 is 80.3. The average molecular weight is 721 g/mol. The number of rotatable bonds is 5. The molecular weight excluding hydrogens is 659 g/mol. The number of phenolic OH excluding ortho intramolecular Hbond substituents is 1. The second kappa shape index (κ2) is 13.4. The van der Waals surface area contributed by atoms with Gasteiger partial charge in [-0.1, -0.05) is 135 Å². The van der Waals surface area contributed by atoms with Gasteiger partial charge in [0.05, 0.1) is 22.3 Å². The summed E-state index contributed by atoms with van der Waals surface area (Å²) in [6.07, 6.45) is 1.71. The lowest BCUT2D eigenvalue weighted by atomic mass is 9.79. The summed E-state index contributed by atoms with van der Waals surface area (Å²) >= 11 is 0. The van der Waals surface area contributed by atoms with Crippen LogP contribution in [0.4, 0.5) is 0 Å². The van der Waals surface area contributed by atoms with Gasteiger partial charge >= 0.3 is 0 Å². The van der Waals surface area contributed by atoms with Gasteiger partial charge in [0.25, 0.3) is 0 Å². The Morgan fingerprint density at radius 3 is 1.93 bits per heavy atom. The lowest BCUT2D eigenvalue weighted by Gasteiger charge is -2.27. The molecule has 0 atom stereocenters. The van der Waals surface area contributed by atoms with Crippen LogP contribution in [0, 0.1) is 13.8 Å². The van der Waals surface area contributed by atoms with Crippen LogP contribution in [0.15, 0.2) is 115 Å². The molecule has 0 bridgehead atoms. The monoisotopic (exact) mass is 720 g/mol. The number of imidazole rings is 1. The molecule has 0 radical (unpaired) electrons. The third kappa shape index (κ3) is 6.75. The van der Waals surface area contributed by atoms with Gasteiger partial charge in [-0.15, -0.1) is 0 Å². The van der Waals surface area contributed by atoms with E-state index in [1.165, 1.54) is 12.1 Å². The molecule has 0 aliphatic carbocycles. The summed E-state index contributed by atoms with van der Waals surface area (Å²) in [6.45, 7) is 5.78. The Balaban J connectivity index is 1.64. The van der Waals surface area contributed by atoms with Crippen LogP contribution < -0.4 is 0 Å². The summed E-state index contributed by atoms with van der Waals surface area (Å²) in [7, 11) is 0. The van der Waals surface area contributed by atoms with Crippen molar-refractivity contribution in [3.05, 3.63) is 143 Å². The SMILES string of the molecule is [2H]C([2H])([2H])C(c1cc(-c2ncc(C)c(-c3ccccc3)c2C)cc(-c2cccc3c2nc(-c2cc(C(C)(C)C)cc(C(C)(C)C)c2O)n3-c2ccccc2)c1)(C([2H])([2H])[2H])C([2H])([2H])[2H]. The molecule has 274 valence electrons. The molecule has 0 fully saturated rings. The minimum Gasteiger partial charge on any atom is -0.507 e. The molecule has 0 unspecified atom stereocenters. The molecule has 54 heavy (non-hydrogen) atoms. The number of hydrogen-bond donors (Lipinski definition) is 1. The van der Waals surface area contributed by atoms with Crippen molar-refractivity contribution in [1.82, 2.24) is 14.5 Å². The van der Waals surface area contributed by atoms with Crippen LogP contribution in [-0.2, 0) is 16.2 Å². The molecule has 4 heteroatoms. The van der Waals surface area contributed by atoms with Crippen LogP contribution in [0.3, 0.4) is 0 Å². The van der Waals surface area contributed by atoms with E-state index in [2.05, 4.69) is 20.8 Å². The number of aromatic hydroxyl groups is 1. The Labute approximate surface area is 334 Å². The van der Waals surface area contributed by atoms with Crippen molar-refractivity contribution < 1.29 is 17.4 Å². The number of aryl methyl sites for hydroxylation is 1. The van der Waals surface area contributed by atoms with E-state index in [0.29, 0.717) is 44.8 Å². The molecule has 0 saturated heterocycles. The van der Waals surface area contributed by atoms with E-state index in [-0.39, 0.29) is 11.2 Å². The quantitative estimate of drug-likeness (QED) is 0.193. The fourth-order valence-electron chi connectivity index (χ4n) is 7.37. The molecule has 2 aromatic heterocycles. The van der Waals surface area contributed by atoms with Crippen LogP contribution in [0.2, 0.25) is 0 Å². The van der Waals surface area contributed by atoms with E-state index < -0.39 is 36.9 Å². The van der Waals surface area contributed by atoms with Gasteiger partial charge in [0.1, 0.15) is 11.6 Å². The topological polar surface area (TPSA) is 50.9 Å². The second-order valence-corrected chi connectivity index (χ2v) is 16.4. The molecule has 0 spiro atoms. The highest BCUT2D eigenvalue weighted by atomic mass is 16.3. The second-order valence-electron chi connectivity index (χ2n) is 16.4. The van der Waals surface area contributed by atoms with Gasteiger partial charge in [-0.05, 0) is 105 Å². The Morgan fingerprint density at radius 2 is 1.28 bits per heavy atom. The van der Waals surface area contributed by atoms with Crippen LogP contribution in [0.1, 0.15) is 102 Å². The van der Waals surface area contributed by atoms with Gasteiger partial charge in [0.2, 0.25) is 0 Å². The number of para-hydroxylation sites is 2. The Morgan fingerprint density at radius 1 is 0.630 bits per heavy atom. The average Bonchev–Trinajstić information content (AvgIpc) is 3.56. The Kier molecular flexibility index (Phi) is 6.75. The number of pyridine rings is 1. The Bertz CT molecular complexity index is 2810. The number of nitrogens with zero attached hydrogens (tertiary/aromatic N) is 3. The van der Waals surface area contributed by atoms with E-state index in [1.54, 1.807) is 18.3 Å². The van der Waals surface area contributed by atoms with E-state index in [0.717, 1.165) is 39.1 Å². The van der Waals surface area contributed by atoms with Crippen molar-refractivity contribution >= 4 is 11.0 Å². The number of phenols is 1. The number of benzene rings is 5. The molecule has 4 nitrogen and oxygen atoms in total. The van der Waals surface area contributed by atoms with Crippen molar-refractivity contribution in [3.8, 4) is 56.3 Å². The Hall–Kier alpha value is -5.48. The van der Waals surface area contributed by atoms with E-state index >= 15 is 0 Å². The number of aromatic nitrogens is 3. The lowest BCUT2D eigenvalue weighted by Crippen LogP contribution is -2.17. The predicted octanol–water partition coefficient (Wildman–Crippen LogP) is 13.3. The highest BCUT2D eigenvalue weighted by molar-refractivity contribution is 5.97. The van der Waals surface area contributed by atoms with Crippen molar-refractivity contribution in [1.29, 1.82) is 0 Å². The van der Waals surface area contributed by atoms with Crippen LogP contribution >= 0.6 is 0 Å². The fraction of sp³-hybridized carbons (Fsp3) is 0.280. The maximum Gasteiger partial charge on any atom is 0.149 e. The first-order chi connectivity index (χ1) is 29.2. The van der Waals surface area contributed by atoms with E-state index in [1.807, 2.05) is 124 Å². The standard InChI is InChI=1S/C50H53N3O/c1-31-30-51-44(32(2)43(31)33-19-14-12-15-20-33)35-25-34(26-36(27-35)48(3,4)5)39-23-18-24-42-45(39)52-47(53(42)38-21-16-13-17-22-38)40-28-37(49(6,7)8)29-41(46(40)54)50(9,10)11/h12-30,54H,1-11H3/i3D3,4D3,5D3. The fourth-order valence-corrected chi connectivity index (χ4v) is 7.37. The number of fused-ring (bicyclic) bond motifs is 1. The lowest BCUT2D eigenvalue weighted by molar-refractivity contribution is 0.446. The highest BCUT2D eigenvalue weighted by Crippen LogP contribution is 2.45. The van der Waals surface area contributed by atoms with Crippen LogP contribution in [0.25, 0.3) is 61.6 Å². The van der Waals surface area contributed by atoms with Gasteiger partial charge in [0, 0.05) is 40.9 Å². The molecule has 5 aromatic carbocycles. The van der Waals surface area contributed by atoms with Crippen molar-refractivity contribution in [2.24, 2.45) is 0 Å². The number of hydrogen-bond acceptors (Lipinski definition) is 3. The zero-order valence-electron chi connectivity index (χ0n) is 41.3. The van der Waals surface area contributed by atoms with Crippen molar-refractivity contribution in [3.63, 3.8) is 0 Å².